The fraction of sp³-hybridized carbons (Fsp3) is 0.667. The summed E-state index contributed by atoms with van der Waals surface area (Å²) in [4.78, 5) is 33.7. The highest BCUT2D eigenvalue weighted by Crippen LogP contribution is 2.43. The van der Waals surface area contributed by atoms with Crippen LogP contribution in [0, 0.1) is 5.41 Å². The van der Waals surface area contributed by atoms with Gasteiger partial charge in [-0.05, 0) is 57.1 Å². The first-order valence-electron chi connectivity index (χ1n) is 10.4. The zero-order valence-corrected chi connectivity index (χ0v) is 16.6. The molecular formula is C21H30N4O3. The van der Waals surface area contributed by atoms with E-state index in [2.05, 4.69) is 20.1 Å². The Morgan fingerprint density at radius 2 is 2.00 bits per heavy atom. The molecule has 2 N–H and O–H groups in total. The molecule has 7 heteroatoms. The summed E-state index contributed by atoms with van der Waals surface area (Å²) in [5, 5.41) is 12.4. The molecule has 0 unspecified atom stereocenters. The first kappa shape index (κ1) is 19.2. The van der Waals surface area contributed by atoms with Gasteiger partial charge in [-0.15, -0.1) is 0 Å². The molecule has 7 nitrogen and oxygen atoms in total. The molecular weight excluding hydrogens is 356 g/mol. The maximum absolute atomic E-state index is 13.4. The van der Waals surface area contributed by atoms with Crippen molar-refractivity contribution in [3.63, 3.8) is 0 Å². The summed E-state index contributed by atoms with van der Waals surface area (Å²) >= 11 is 0. The van der Waals surface area contributed by atoms with Crippen LogP contribution in [0.1, 0.15) is 55.4 Å². The molecule has 0 bridgehead atoms. The molecule has 3 fully saturated rings. The van der Waals surface area contributed by atoms with Crippen LogP contribution in [0.3, 0.4) is 0 Å². The first-order valence-corrected chi connectivity index (χ1v) is 10.4. The van der Waals surface area contributed by atoms with Crippen molar-refractivity contribution < 1.29 is 14.7 Å². The van der Waals surface area contributed by atoms with Gasteiger partial charge in [-0.3, -0.25) is 9.59 Å². The lowest BCUT2D eigenvalue weighted by Crippen LogP contribution is -2.50. The molecule has 1 spiro atoms. The van der Waals surface area contributed by atoms with E-state index in [1.165, 1.54) is 0 Å². The number of hydrogen-bond acceptors (Lipinski definition) is 5. The lowest BCUT2D eigenvalue weighted by molar-refractivity contribution is -0.139. The number of nitrogens with zero attached hydrogens (tertiary/aromatic N) is 3. The van der Waals surface area contributed by atoms with E-state index in [9.17, 15) is 14.7 Å². The molecule has 152 valence electrons. The van der Waals surface area contributed by atoms with Gasteiger partial charge in [0.25, 0.3) is 5.91 Å². The van der Waals surface area contributed by atoms with Crippen molar-refractivity contribution in [1.82, 2.24) is 15.2 Å². The predicted molar refractivity (Wildman–Crippen MR) is 106 cm³/mol. The lowest BCUT2D eigenvalue weighted by atomic mass is 9.78. The SMILES string of the molecule is CNC(=O)c1ccc(N2CCC[C@@]3(CCN([C@H]4CC[C@H](O)CC4)C3=O)C2)cn1. The van der Waals surface area contributed by atoms with Crippen molar-refractivity contribution >= 4 is 17.5 Å². The number of nitrogens with one attached hydrogen (secondary N) is 1. The molecule has 3 heterocycles. The lowest BCUT2D eigenvalue weighted by Gasteiger charge is -2.41. The molecule has 2 amide bonds. The van der Waals surface area contributed by atoms with Crippen LogP contribution >= 0.6 is 0 Å². The van der Waals surface area contributed by atoms with Crippen LogP contribution in [0.15, 0.2) is 18.3 Å². The molecule has 3 aliphatic rings. The Hall–Kier alpha value is -2.15. The molecule has 28 heavy (non-hydrogen) atoms. The molecule has 1 atom stereocenters. The van der Waals surface area contributed by atoms with Crippen LogP contribution < -0.4 is 10.2 Å². The third kappa shape index (κ3) is 3.48. The van der Waals surface area contributed by atoms with Crippen LogP contribution in [0.2, 0.25) is 0 Å². The van der Waals surface area contributed by atoms with E-state index in [4.69, 9.17) is 0 Å². The highest BCUT2D eigenvalue weighted by molar-refractivity contribution is 5.92. The van der Waals surface area contributed by atoms with Gasteiger partial charge in [0.15, 0.2) is 0 Å². The largest absolute Gasteiger partial charge is 0.393 e. The van der Waals surface area contributed by atoms with Gasteiger partial charge in [0.2, 0.25) is 5.91 Å². The number of aliphatic hydroxyl groups is 1. The highest BCUT2D eigenvalue weighted by atomic mass is 16.3. The summed E-state index contributed by atoms with van der Waals surface area (Å²) in [6.45, 7) is 2.46. The Balaban J connectivity index is 1.46. The van der Waals surface area contributed by atoms with Gasteiger partial charge in [-0.1, -0.05) is 0 Å². The summed E-state index contributed by atoms with van der Waals surface area (Å²) in [5.41, 5.74) is 1.08. The van der Waals surface area contributed by atoms with E-state index >= 15 is 0 Å². The highest BCUT2D eigenvalue weighted by Gasteiger charge is 2.50. The molecule has 2 saturated heterocycles. The van der Waals surface area contributed by atoms with Gasteiger partial charge in [-0.2, -0.15) is 0 Å². The zero-order valence-electron chi connectivity index (χ0n) is 16.6. The molecule has 1 aromatic heterocycles. The Morgan fingerprint density at radius 1 is 1.21 bits per heavy atom. The van der Waals surface area contributed by atoms with Crippen LogP contribution in [-0.4, -0.2) is 65.6 Å². The van der Waals surface area contributed by atoms with E-state index in [1.807, 2.05) is 6.07 Å². The van der Waals surface area contributed by atoms with Gasteiger partial charge in [0, 0.05) is 32.7 Å². The third-order valence-corrected chi connectivity index (χ3v) is 6.80. The van der Waals surface area contributed by atoms with E-state index in [0.29, 0.717) is 17.6 Å². The van der Waals surface area contributed by atoms with Crippen molar-refractivity contribution in [2.45, 2.75) is 57.1 Å². The number of pyridine rings is 1. The van der Waals surface area contributed by atoms with Gasteiger partial charge in [-0.25, -0.2) is 4.98 Å². The molecule has 4 rings (SSSR count). The number of carbonyl (C=O) groups is 2. The van der Waals surface area contributed by atoms with Crippen molar-refractivity contribution in [1.29, 1.82) is 0 Å². The van der Waals surface area contributed by atoms with Gasteiger partial charge in [0.05, 0.1) is 23.4 Å². The van der Waals surface area contributed by atoms with Gasteiger partial charge < -0.3 is 20.2 Å². The first-order chi connectivity index (χ1) is 13.5. The molecule has 2 aliphatic heterocycles. The van der Waals surface area contributed by atoms with Gasteiger partial charge >= 0.3 is 0 Å². The quantitative estimate of drug-likeness (QED) is 0.824. The number of anilines is 1. The average Bonchev–Trinajstić information content (AvgIpc) is 3.04. The maximum Gasteiger partial charge on any atom is 0.269 e. The number of hydrogen-bond donors (Lipinski definition) is 2. The number of piperidine rings is 1. The standard InChI is InChI=1S/C21H30N4O3/c1-22-19(27)18-8-5-16(13-23-18)24-11-2-9-21(14-24)10-12-25(20(21)28)15-3-6-17(26)7-4-15/h5,8,13,15,17,26H,2-4,6-7,9-12,14H2,1H3,(H,22,27)/t15-,17-,21-/m1/s1. The normalized spacial score (nSPS) is 30.7. The second-order valence-corrected chi connectivity index (χ2v) is 8.50. The number of carbonyl (C=O) groups excluding carboxylic acids is 2. The predicted octanol–water partition coefficient (Wildman–Crippen LogP) is 1.56. The second kappa shape index (κ2) is 7.70. The topological polar surface area (TPSA) is 85.8 Å². The van der Waals surface area contributed by atoms with Crippen molar-refractivity contribution in [3.8, 4) is 0 Å². The van der Waals surface area contributed by atoms with Crippen molar-refractivity contribution in [2.75, 3.05) is 31.6 Å². The van der Waals surface area contributed by atoms with Crippen LogP contribution in [0.5, 0.6) is 0 Å². The monoisotopic (exact) mass is 386 g/mol. The summed E-state index contributed by atoms with van der Waals surface area (Å²) in [7, 11) is 1.59. The fourth-order valence-corrected chi connectivity index (χ4v) is 5.13. The number of rotatable bonds is 3. The number of amides is 2. The smallest absolute Gasteiger partial charge is 0.269 e. The maximum atomic E-state index is 13.4. The average molecular weight is 386 g/mol. The van der Waals surface area contributed by atoms with Crippen LogP contribution in [-0.2, 0) is 4.79 Å². The Kier molecular flexibility index (Phi) is 5.27. The number of aliphatic hydroxyl groups excluding tert-OH is 1. The molecule has 0 radical (unpaired) electrons. The van der Waals surface area contributed by atoms with Crippen molar-refractivity contribution in [3.05, 3.63) is 24.0 Å². The Labute approximate surface area is 166 Å². The summed E-state index contributed by atoms with van der Waals surface area (Å²) in [6, 6.07) is 3.96. The summed E-state index contributed by atoms with van der Waals surface area (Å²) < 4.78 is 0. The minimum absolute atomic E-state index is 0.194. The van der Waals surface area contributed by atoms with E-state index < -0.39 is 0 Å². The minimum atomic E-state index is -0.298. The van der Waals surface area contributed by atoms with Crippen LogP contribution in [0.4, 0.5) is 5.69 Å². The minimum Gasteiger partial charge on any atom is -0.393 e. The van der Waals surface area contributed by atoms with E-state index in [1.54, 1.807) is 19.3 Å². The Bertz CT molecular complexity index is 730. The second-order valence-electron chi connectivity index (χ2n) is 8.50. The molecule has 1 aromatic rings. The number of likely N-dealkylation sites (tertiary alicyclic amines) is 1. The molecule has 1 saturated carbocycles. The fourth-order valence-electron chi connectivity index (χ4n) is 5.13. The molecule has 0 aromatic carbocycles. The van der Waals surface area contributed by atoms with E-state index in [0.717, 1.165) is 70.3 Å². The van der Waals surface area contributed by atoms with E-state index in [-0.39, 0.29) is 17.4 Å². The molecule has 1 aliphatic carbocycles. The van der Waals surface area contributed by atoms with Crippen LogP contribution in [0.25, 0.3) is 0 Å². The van der Waals surface area contributed by atoms with Crippen molar-refractivity contribution in [2.24, 2.45) is 5.41 Å². The number of aromatic nitrogens is 1. The third-order valence-electron chi connectivity index (χ3n) is 6.80. The Morgan fingerprint density at radius 3 is 2.68 bits per heavy atom. The summed E-state index contributed by atoms with van der Waals surface area (Å²) in [6.07, 6.45) is 7.81. The van der Waals surface area contributed by atoms with Gasteiger partial charge in [0.1, 0.15) is 5.69 Å². The zero-order chi connectivity index (χ0) is 19.7. The summed E-state index contributed by atoms with van der Waals surface area (Å²) in [5.74, 6) is 0.106.